The van der Waals surface area contributed by atoms with E-state index in [2.05, 4.69) is 20.8 Å². The fraction of sp³-hybridized carbons (Fsp3) is 0.538. The molecule has 0 aliphatic carbocycles. The molecule has 0 radical (unpaired) electrons. The first-order chi connectivity index (χ1) is 8.68. The number of carboxylic acid groups (broad SMARTS) is 2. The van der Waals surface area contributed by atoms with E-state index in [9.17, 15) is 9.59 Å². The smallest absolute Gasteiger partial charge is 0.317 e. The van der Waals surface area contributed by atoms with Gasteiger partial charge in [-0.05, 0) is 17.5 Å². The minimum atomic E-state index is -1.02. The fourth-order valence-corrected chi connectivity index (χ4v) is 2.74. The lowest BCUT2D eigenvalue weighted by atomic mass is 9.95. The Morgan fingerprint density at radius 3 is 2.05 bits per heavy atom. The number of thiophene rings is 1. The minimum Gasteiger partial charge on any atom is -0.480 e. The average Bonchev–Trinajstić information content (AvgIpc) is 2.62. The second kappa shape index (κ2) is 6.16. The van der Waals surface area contributed by atoms with Gasteiger partial charge in [0.15, 0.2) is 0 Å². The molecule has 0 bridgehead atoms. The molecule has 0 saturated carbocycles. The third-order valence-corrected chi connectivity index (χ3v) is 3.99. The summed E-state index contributed by atoms with van der Waals surface area (Å²) >= 11 is 1.59. The first kappa shape index (κ1) is 15.7. The predicted molar refractivity (Wildman–Crippen MR) is 73.6 cm³/mol. The summed E-state index contributed by atoms with van der Waals surface area (Å²) in [7, 11) is 0. The Labute approximate surface area is 116 Å². The molecule has 2 N–H and O–H groups in total. The summed E-state index contributed by atoms with van der Waals surface area (Å²) in [4.78, 5) is 25.0. The van der Waals surface area contributed by atoms with Crippen molar-refractivity contribution in [1.29, 1.82) is 0 Å². The van der Waals surface area contributed by atoms with E-state index >= 15 is 0 Å². The predicted octanol–water partition coefficient (Wildman–Crippen LogP) is 2.02. The summed E-state index contributed by atoms with van der Waals surface area (Å²) in [6.07, 6.45) is 0. The molecule has 0 aromatic carbocycles. The van der Waals surface area contributed by atoms with E-state index in [1.165, 1.54) is 9.78 Å². The van der Waals surface area contributed by atoms with Crippen molar-refractivity contribution in [2.75, 3.05) is 13.1 Å². The molecule has 0 fully saturated rings. The van der Waals surface area contributed by atoms with Crippen molar-refractivity contribution in [1.82, 2.24) is 4.90 Å². The molecule has 0 aliphatic rings. The van der Waals surface area contributed by atoms with Crippen LogP contribution in [0.15, 0.2) is 12.1 Å². The zero-order valence-corrected chi connectivity index (χ0v) is 12.2. The van der Waals surface area contributed by atoms with Gasteiger partial charge in [-0.1, -0.05) is 20.8 Å². The van der Waals surface area contributed by atoms with Gasteiger partial charge in [-0.15, -0.1) is 11.3 Å². The van der Waals surface area contributed by atoms with Crippen LogP contribution >= 0.6 is 11.3 Å². The van der Waals surface area contributed by atoms with Crippen LogP contribution in [-0.2, 0) is 21.5 Å². The molecule has 0 saturated heterocycles. The summed E-state index contributed by atoms with van der Waals surface area (Å²) in [5.74, 6) is -2.04. The lowest BCUT2D eigenvalue weighted by Gasteiger charge is -2.17. The van der Waals surface area contributed by atoms with Gasteiger partial charge in [0.2, 0.25) is 0 Å². The number of rotatable bonds is 6. The quantitative estimate of drug-likeness (QED) is 0.836. The third-order valence-electron chi connectivity index (χ3n) is 2.50. The van der Waals surface area contributed by atoms with Crippen molar-refractivity contribution in [3.8, 4) is 0 Å². The van der Waals surface area contributed by atoms with Crippen LogP contribution in [0.2, 0.25) is 0 Å². The first-order valence-electron chi connectivity index (χ1n) is 5.93. The zero-order chi connectivity index (χ0) is 14.6. The van der Waals surface area contributed by atoms with Gasteiger partial charge in [0.25, 0.3) is 0 Å². The number of aliphatic carboxylic acids is 2. The minimum absolute atomic E-state index is 0.0490. The Kier molecular flexibility index (Phi) is 5.08. The van der Waals surface area contributed by atoms with Crippen molar-refractivity contribution < 1.29 is 19.8 Å². The van der Waals surface area contributed by atoms with Gasteiger partial charge in [0, 0.05) is 16.3 Å². The molecular formula is C13H19NO4S. The number of carboxylic acids is 2. The highest BCUT2D eigenvalue weighted by Gasteiger charge is 2.18. The number of nitrogens with zero attached hydrogens (tertiary/aromatic N) is 1. The standard InChI is InChI=1S/C13H19NO4S/c1-13(2,3)10-5-4-9(19-10)6-14(7-11(15)16)8-12(17)18/h4-5H,6-8H2,1-3H3,(H,15,16)(H,17,18). The Morgan fingerprint density at radius 1 is 1.16 bits per heavy atom. The molecule has 0 unspecified atom stereocenters. The zero-order valence-electron chi connectivity index (χ0n) is 11.3. The largest absolute Gasteiger partial charge is 0.480 e. The van der Waals surface area contributed by atoms with Gasteiger partial charge in [0.05, 0.1) is 13.1 Å². The Balaban J connectivity index is 2.75. The highest BCUT2D eigenvalue weighted by Crippen LogP contribution is 2.29. The van der Waals surface area contributed by atoms with E-state index in [0.29, 0.717) is 6.54 Å². The number of hydrogen-bond acceptors (Lipinski definition) is 4. The van der Waals surface area contributed by atoms with E-state index in [1.54, 1.807) is 11.3 Å². The van der Waals surface area contributed by atoms with Crippen LogP contribution in [0, 0.1) is 0 Å². The van der Waals surface area contributed by atoms with Crippen molar-refractivity contribution >= 4 is 23.3 Å². The van der Waals surface area contributed by atoms with Crippen LogP contribution in [0.5, 0.6) is 0 Å². The maximum absolute atomic E-state index is 10.7. The highest BCUT2D eigenvalue weighted by atomic mass is 32.1. The summed E-state index contributed by atoms with van der Waals surface area (Å²) in [6.45, 7) is 6.13. The molecule has 0 amide bonds. The van der Waals surface area contributed by atoms with E-state index in [1.807, 2.05) is 12.1 Å². The van der Waals surface area contributed by atoms with Crippen LogP contribution in [0.1, 0.15) is 30.5 Å². The molecule has 1 aromatic rings. The molecule has 0 spiro atoms. The number of hydrogen-bond donors (Lipinski definition) is 2. The van der Waals surface area contributed by atoms with Gasteiger partial charge < -0.3 is 10.2 Å². The monoisotopic (exact) mass is 285 g/mol. The van der Waals surface area contributed by atoms with E-state index in [0.717, 1.165) is 4.88 Å². The summed E-state index contributed by atoms with van der Waals surface area (Å²) in [5, 5.41) is 17.6. The normalized spacial score (nSPS) is 11.8. The summed E-state index contributed by atoms with van der Waals surface area (Å²) in [6, 6.07) is 3.95. The van der Waals surface area contributed by atoms with Gasteiger partial charge in [0.1, 0.15) is 0 Å². The van der Waals surface area contributed by atoms with Crippen LogP contribution in [0.3, 0.4) is 0 Å². The molecular weight excluding hydrogens is 266 g/mol. The lowest BCUT2D eigenvalue weighted by molar-refractivity contribution is -0.141. The van der Waals surface area contributed by atoms with Crippen LogP contribution in [0.4, 0.5) is 0 Å². The second-order valence-corrected chi connectivity index (χ2v) is 6.62. The van der Waals surface area contributed by atoms with Crippen molar-refractivity contribution in [3.63, 3.8) is 0 Å². The van der Waals surface area contributed by atoms with Crippen molar-refractivity contribution in [2.24, 2.45) is 0 Å². The third kappa shape index (κ3) is 5.40. The fourth-order valence-electron chi connectivity index (χ4n) is 1.64. The molecule has 5 nitrogen and oxygen atoms in total. The van der Waals surface area contributed by atoms with Crippen LogP contribution in [0.25, 0.3) is 0 Å². The molecule has 106 valence electrons. The van der Waals surface area contributed by atoms with Gasteiger partial charge in [-0.2, -0.15) is 0 Å². The van der Waals surface area contributed by atoms with Crippen molar-refractivity contribution in [2.45, 2.75) is 32.7 Å². The highest BCUT2D eigenvalue weighted by molar-refractivity contribution is 7.12. The van der Waals surface area contributed by atoms with Crippen LogP contribution in [-0.4, -0.2) is 40.1 Å². The molecule has 6 heteroatoms. The molecule has 0 atom stereocenters. The summed E-state index contributed by atoms with van der Waals surface area (Å²) in [5.41, 5.74) is 0.0490. The second-order valence-electron chi connectivity index (χ2n) is 5.45. The average molecular weight is 285 g/mol. The molecule has 0 aliphatic heterocycles. The lowest BCUT2D eigenvalue weighted by Crippen LogP contribution is -2.33. The molecule has 1 heterocycles. The van der Waals surface area contributed by atoms with Gasteiger partial charge in [-0.25, -0.2) is 0 Å². The Bertz CT molecular complexity index is 445. The first-order valence-corrected chi connectivity index (χ1v) is 6.75. The maximum Gasteiger partial charge on any atom is 0.317 e. The molecule has 1 rings (SSSR count). The SMILES string of the molecule is CC(C)(C)c1ccc(CN(CC(=O)O)CC(=O)O)s1. The van der Waals surface area contributed by atoms with Crippen molar-refractivity contribution in [3.05, 3.63) is 21.9 Å². The van der Waals surface area contributed by atoms with Gasteiger partial charge in [-0.3, -0.25) is 14.5 Å². The Morgan fingerprint density at radius 2 is 1.68 bits per heavy atom. The number of carbonyl (C=O) groups is 2. The summed E-state index contributed by atoms with van der Waals surface area (Å²) < 4.78 is 0. The van der Waals surface area contributed by atoms with E-state index < -0.39 is 11.9 Å². The molecule has 1 aromatic heterocycles. The van der Waals surface area contributed by atoms with Crippen LogP contribution < -0.4 is 0 Å². The van der Waals surface area contributed by atoms with Gasteiger partial charge >= 0.3 is 11.9 Å². The topological polar surface area (TPSA) is 77.8 Å². The maximum atomic E-state index is 10.7. The molecule has 19 heavy (non-hydrogen) atoms. The Hall–Kier alpha value is -1.40. The van der Waals surface area contributed by atoms with E-state index in [-0.39, 0.29) is 18.5 Å². The van der Waals surface area contributed by atoms with E-state index in [4.69, 9.17) is 10.2 Å².